The van der Waals surface area contributed by atoms with Gasteiger partial charge >= 0.3 is 6.18 Å². The SMILES string of the molecule is CC(C)c1nc2c(c3c1[C@H](c1ccc(C(F)(F)F)cc1)OC31CCCC1)C(O)CC(C)(C)C2.CCC(C)C. The molecule has 1 fully saturated rings. The summed E-state index contributed by atoms with van der Waals surface area (Å²) in [4.78, 5) is 5.10. The third-order valence-electron chi connectivity index (χ3n) is 8.48. The lowest BCUT2D eigenvalue weighted by Gasteiger charge is -2.38. The maximum atomic E-state index is 13.2. The molecule has 0 radical (unpaired) electrons. The van der Waals surface area contributed by atoms with E-state index in [0.29, 0.717) is 12.0 Å². The summed E-state index contributed by atoms with van der Waals surface area (Å²) in [5, 5.41) is 11.3. The molecule has 3 aliphatic rings. The summed E-state index contributed by atoms with van der Waals surface area (Å²) in [6.07, 6.45) is 1.10. The summed E-state index contributed by atoms with van der Waals surface area (Å²) < 4.78 is 46.3. The molecular formula is C32H44F3NO2. The molecule has 0 saturated heterocycles. The van der Waals surface area contributed by atoms with Crippen LogP contribution in [0.4, 0.5) is 13.2 Å². The lowest BCUT2D eigenvalue weighted by molar-refractivity contribution is -0.137. The molecule has 2 aromatic rings. The number of rotatable bonds is 3. The summed E-state index contributed by atoms with van der Waals surface area (Å²) in [6.45, 7) is 15.2. The Kier molecular flexibility index (Phi) is 8.09. The smallest absolute Gasteiger partial charge is 0.388 e. The molecule has 2 aliphatic carbocycles. The van der Waals surface area contributed by atoms with E-state index in [0.717, 1.165) is 78.2 Å². The highest BCUT2D eigenvalue weighted by molar-refractivity contribution is 5.54. The van der Waals surface area contributed by atoms with Crippen LogP contribution in [-0.4, -0.2) is 10.1 Å². The van der Waals surface area contributed by atoms with Crippen molar-refractivity contribution in [2.24, 2.45) is 11.3 Å². The topological polar surface area (TPSA) is 42.4 Å². The fraction of sp³-hybridized carbons (Fsp3) is 0.656. The third-order valence-corrected chi connectivity index (χ3v) is 8.48. The molecule has 210 valence electrons. The zero-order chi connectivity index (χ0) is 28.0. The van der Waals surface area contributed by atoms with Crippen molar-refractivity contribution in [3.05, 3.63) is 63.5 Å². The monoisotopic (exact) mass is 531 g/mol. The Hall–Kier alpha value is -1.92. The van der Waals surface area contributed by atoms with Crippen molar-refractivity contribution in [1.29, 1.82) is 0 Å². The Labute approximate surface area is 226 Å². The van der Waals surface area contributed by atoms with Crippen LogP contribution in [0.5, 0.6) is 0 Å². The van der Waals surface area contributed by atoms with Gasteiger partial charge in [0.25, 0.3) is 0 Å². The number of aliphatic hydroxyl groups excluding tert-OH is 1. The van der Waals surface area contributed by atoms with Gasteiger partial charge < -0.3 is 9.84 Å². The molecule has 1 aliphatic heterocycles. The van der Waals surface area contributed by atoms with E-state index in [1.54, 1.807) is 0 Å². The molecular weight excluding hydrogens is 487 g/mol. The predicted octanol–water partition coefficient (Wildman–Crippen LogP) is 9.17. The summed E-state index contributed by atoms with van der Waals surface area (Å²) in [6, 6.07) is 5.34. The molecule has 1 N–H and O–H groups in total. The zero-order valence-electron chi connectivity index (χ0n) is 24.0. The van der Waals surface area contributed by atoms with Crippen LogP contribution < -0.4 is 0 Å². The second-order valence-corrected chi connectivity index (χ2v) is 13.0. The quantitative estimate of drug-likeness (QED) is 0.429. The Morgan fingerprint density at radius 1 is 1.03 bits per heavy atom. The molecule has 1 spiro atoms. The van der Waals surface area contributed by atoms with Crippen molar-refractivity contribution in [3.8, 4) is 0 Å². The van der Waals surface area contributed by atoms with Crippen LogP contribution in [0.2, 0.25) is 0 Å². The molecule has 1 aromatic carbocycles. The minimum absolute atomic E-state index is 0.0446. The molecule has 2 atom stereocenters. The Morgan fingerprint density at radius 2 is 1.61 bits per heavy atom. The first-order valence-electron chi connectivity index (χ1n) is 14.3. The van der Waals surface area contributed by atoms with Crippen molar-refractivity contribution in [3.63, 3.8) is 0 Å². The largest absolute Gasteiger partial charge is 0.416 e. The lowest BCUT2D eigenvalue weighted by Crippen LogP contribution is -2.32. The van der Waals surface area contributed by atoms with Crippen LogP contribution >= 0.6 is 0 Å². The maximum Gasteiger partial charge on any atom is 0.416 e. The normalized spacial score (nSPS) is 23.4. The van der Waals surface area contributed by atoms with Gasteiger partial charge in [0.05, 0.1) is 17.3 Å². The number of alkyl halides is 3. The third kappa shape index (κ3) is 5.54. The van der Waals surface area contributed by atoms with Gasteiger partial charge in [0.1, 0.15) is 6.10 Å². The Morgan fingerprint density at radius 3 is 2.11 bits per heavy atom. The van der Waals surface area contributed by atoms with E-state index in [2.05, 4.69) is 48.5 Å². The van der Waals surface area contributed by atoms with Crippen LogP contribution in [0.25, 0.3) is 0 Å². The van der Waals surface area contributed by atoms with Crippen molar-refractivity contribution < 1.29 is 23.0 Å². The highest BCUT2D eigenvalue weighted by Crippen LogP contribution is 2.59. The van der Waals surface area contributed by atoms with Gasteiger partial charge in [-0.3, -0.25) is 4.98 Å². The molecule has 1 aromatic heterocycles. The summed E-state index contributed by atoms with van der Waals surface area (Å²) in [5.41, 5.74) is 4.40. The van der Waals surface area contributed by atoms with Gasteiger partial charge in [-0.15, -0.1) is 0 Å². The summed E-state index contributed by atoms with van der Waals surface area (Å²) in [7, 11) is 0. The van der Waals surface area contributed by atoms with E-state index in [-0.39, 0.29) is 11.3 Å². The number of pyridine rings is 1. The van der Waals surface area contributed by atoms with Crippen LogP contribution in [0.3, 0.4) is 0 Å². The first-order valence-corrected chi connectivity index (χ1v) is 14.3. The molecule has 1 unspecified atom stereocenters. The fourth-order valence-electron chi connectivity index (χ4n) is 6.26. The number of ether oxygens (including phenoxy) is 1. The van der Waals surface area contributed by atoms with E-state index >= 15 is 0 Å². The molecule has 38 heavy (non-hydrogen) atoms. The van der Waals surface area contributed by atoms with E-state index in [9.17, 15) is 18.3 Å². The number of hydrogen-bond donors (Lipinski definition) is 1. The minimum atomic E-state index is -4.37. The maximum absolute atomic E-state index is 13.2. The van der Waals surface area contributed by atoms with E-state index in [1.807, 2.05) is 0 Å². The van der Waals surface area contributed by atoms with E-state index < -0.39 is 29.5 Å². The average molecular weight is 532 g/mol. The number of nitrogens with zero attached hydrogens (tertiary/aromatic N) is 1. The van der Waals surface area contributed by atoms with Crippen LogP contribution in [0.1, 0.15) is 144 Å². The van der Waals surface area contributed by atoms with Crippen LogP contribution in [0, 0.1) is 11.3 Å². The summed E-state index contributed by atoms with van der Waals surface area (Å²) >= 11 is 0. The van der Waals surface area contributed by atoms with Gasteiger partial charge in [0.2, 0.25) is 0 Å². The molecule has 6 heteroatoms. The molecule has 0 bridgehead atoms. The first kappa shape index (κ1) is 29.1. The molecule has 3 nitrogen and oxygen atoms in total. The average Bonchev–Trinajstić information content (AvgIpc) is 3.43. The van der Waals surface area contributed by atoms with Crippen molar-refractivity contribution in [2.75, 3.05) is 0 Å². The number of aliphatic hydroxyl groups is 1. The Balaban J connectivity index is 0.000000617. The van der Waals surface area contributed by atoms with Gasteiger partial charge in [-0.25, -0.2) is 0 Å². The number of aromatic nitrogens is 1. The van der Waals surface area contributed by atoms with E-state index in [4.69, 9.17) is 9.72 Å². The minimum Gasteiger partial charge on any atom is -0.388 e. The molecule has 2 heterocycles. The van der Waals surface area contributed by atoms with Crippen molar-refractivity contribution in [1.82, 2.24) is 4.98 Å². The van der Waals surface area contributed by atoms with Crippen LogP contribution in [-0.2, 0) is 22.9 Å². The number of fused-ring (bicyclic) bond motifs is 4. The van der Waals surface area contributed by atoms with E-state index in [1.165, 1.54) is 18.6 Å². The van der Waals surface area contributed by atoms with Crippen molar-refractivity contribution in [2.45, 2.75) is 123 Å². The van der Waals surface area contributed by atoms with Gasteiger partial charge in [0.15, 0.2) is 0 Å². The standard InChI is InChI=1S/C27H32F3NO2.C5H12/c1-15(2)23-21-22(20-18(31-23)13-25(3,4)14-19(20)32)26(11-5-6-12-26)33-24(21)16-7-9-17(10-8-16)27(28,29)30;1-4-5(2)3/h7-10,15,19,24,32H,5-6,11-14H2,1-4H3;5H,4H2,1-3H3/t19?,24-;/m0./s1. The molecule has 0 amide bonds. The number of benzene rings is 1. The second kappa shape index (κ2) is 10.6. The summed E-state index contributed by atoms with van der Waals surface area (Å²) in [5.74, 6) is 1.01. The van der Waals surface area contributed by atoms with Gasteiger partial charge in [-0.2, -0.15) is 13.2 Å². The zero-order valence-corrected chi connectivity index (χ0v) is 24.0. The van der Waals surface area contributed by atoms with Gasteiger partial charge in [-0.05, 0) is 66.2 Å². The van der Waals surface area contributed by atoms with Gasteiger partial charge in [0, 0.05) is 22.5 Å². The lowest BCUT2D eigenvalue weighted by atomic mass is 9.70. The van der Waals surface area contributed by atoms with Gasteiger partial charge in [-0.1, -0.05) is 79.9 Å². The number of hydrogen-bond acceptors (Lipinski definition) is 3. The van der Waals surface area contributed by atoms with Crippen molar-refractivity contribution >= 4 is 0 Å². The highest BCUT2D eigenvalue weighted by atomic mass is 19.4. The van der Waals surface area contributed by atoms with Crippen LogP contribution in [0.15, 0.2) is 24.3 Å². The first-order chi connectivity index (χ1) is 17.7. The second-order valence-electron chi connectivity index (χ2n) is 13.0. The highest BCUT2D eigenvalue weighted by Gasteiger charge is 2.52. The predicted molar refractivity (Wildman–Crippen MR) is 145 cm³/mol. The molecule has 1 saturated carbocycles. The number of halogens is 3. The Bertz CT molecular complexity index is 1130. The fourth-order valence-corrected chi connectivity index (χ4v) is 6.26. The molecule has 5 rings (SSSR count).